The summed E-state index contributed by atoms with van der Waals surface area (Å²) in [5.41, 5.74) is 9.35. The maximum Gasteiger partial charge on any atom is 0.356 e. The van der Waals surface area contributed by atoms with Gasteiger partial charge >= 0.3 is 5.97 Å². The minimum atomic E-state index is -0.666. The molecule has 2 atom stereocenters. The summed E-state index contributed by atoms with van der Waals surface area (Å²) >= 11 is 4.29. The van der Waals surface area contributed by atoms with Gasteiger partial charge in [0.1, 0.15) is 17.1 Å². The van der Waals surface area contributed by atoms with Gasteiger partial charge in [-0.1, -0.05) is 72.4 Å². The Morgan fingerprint density at radius 3 is 2.45 bits per heavy atom. The molecule has 0 radical (unpaired) electrons. The Balaban J connectivity index is 1.30. The van der Waals surface area contributed by atoms with Crippen LogP contribution in [0, 0.1) is 10.1 Å². The molecule has 0 unspecified atom stereocenters. The highest BCUT2D eigenvalue weighted by Crippen LogP contribution is 2.42. The van der Waals surface area contributed by atoms with Gasteiger partial charge in [-0.05, 0) is 22.8 Å². The van der Waals surface area contributed by atoms with Crippen molar-refractivity contribution in [2.75, 3.05) is 11.5 Å². The summed E-state index contributed by atoms with van der Waals surface area (Å²) < 4.78 is 7.56. The van der Waals surface area contributed by atoms with Gasteiger partial charge < -0.3 is 10.5 Å². The van der Waals surface area contributed by atoms with Gasteiger partial charge in [-0.3, -0.25) is 19.8 Å². The second-order valence-electron chi connectivity index (χ2n) is 9.17. The Morgan fingerprint density at radius 2 is 1.80 bits per heavy atom. The molecule has 1 amide bonds. The smallest absolute Gasteiger partial charge is 0.356 e. The van der Waals surface area contributed by atoms with Crippen LogP contribution in [0.15, 0.2) is 94.5 Å². The van der Waals surface area contributed by atoms with Gasteiger partial charge in [0, 0.05) is 23.6 Å². The molecule has 6 rings (SSSR count). The van der Waals surface area contributed by atoms with Crippen LogP contribution < -0.4 is 5.73 Å². The van der Waals surface area contributed by atoms with Crippen LogP contribution in [0.2, 0.25) is 0 Å². The molecule has 1 saturated heterocycles. The lowest BCUT2D eigenvalue weighted by Gasteiger charge is -2.48. The van der Waals surface area contributed by atoms with Crippen molar-refractivity contribution < 1.29 is 19.2 Å². The quantitative estimate of drug-likeness (QED) is 0.0977. The van der Waals surface area contributed by atoms with E-state index in [0.717, 1.165) is 16.7 Å². The first-order chi connectivity index (χ1) is 19.4. The molecule has 9 nitrogen and oxygen atoms in total. The number of nitro benzene ring substituents is 1. The minimum Gasteiger partial charge on any atom is -0.448 e. The van der Waals surface area contributed by atoms with Crippen molar-refractivity contribution >= 4 is 62.6 Å². The number of aromatic nitrogens is 1. The molecule has 0 bridgehead atoms. The fraction of sp³-hybridized carbons (Fsp3) is 0.179. The third kappa shape index (κ3) is 4.99. The minimum absolute atomic E-state index is 0.00850. The maximum atomic E-state index is 13.9. The molecule has 0 spiro atoms. The number of carbonyl (C=O) groups is 2. The standard InChI is InChI=1S/C28H22N4O5S3/c29-22-25(33)31-23(27(34)37-24(16-7-3-1-4-8-16)17-9-5-2-6-10-17)18(14-38-26(22)31)15-39-28-30-20-12-11-19(32(35)36)13-21(20)40-28/h1-13,22,24,26H,14-15,29H2/t22-,26-/m1/s1. The second kappa shape index (κ2) is 11.0. The highest BCUT2D eigenvalue weighted by molar-refractivity contribution is 8.02. The van der Waals surface area contributed by atoms with Crippen LogP contribution in [0.25, 0.3) is 10.2 Å². The van der Waals surface area contributed by atoms with Crippen molar-refractivity contribution in [3.05, 3.63) is 111 Å². The van der Waals surface area contributed by atoms with Gasteiger partial charge in [-0.2, -0.15) is 0 Å². The lowest BCUT2D eigenvalue weighted by atomic mass is 10.0. The summed E-state index contributed by atoms with van der Waals surface area (Å²) in [6.45, 7) is 0. The van der Waals surface area contributed by atoms with Crippen molar-refractivity contribution in [2.24, 2.45) is 5.73 Å². The number of thiazole rings is 1. The Hall–Kier alpha value is -3.71. The molecule has 4 aromatic rings. The fourth-order valence-corrected chi connectivity index (χ4v) is 8.18. The molecule has 202 valence electrons. The molecule has 2 aliphatic rings. The normalized spacial score (nSPS) is 18.6. The monoisotopic (exact) mass is 590 g/mol. The van der Waals surface area contributed by atoms with Gasteiger partial charge in [0.2, 0.25) is 5.91 Å². The number of β-lactam (4-membered cyclic amide) rings is 1. The molecule has 3 aromatic carbocycles. The molecule has 12 heteroatoms. The number of nitro groups is 1. The molecular formula is C28H22N4O5S3. The van der Waals surface area contributed by atoms with Crippen LogP contribution in [0.4, 0.5) is 5.69 Å². The van der Waals surface area contributed by atoms with Crippen LogP contribution in [-0.2, 0) is 14.3 Å². The maximum absolute atomic E-state index is 13.9. The van der Waals surface area contributed by atoms with Gasteiger partial charge in [-0.25, -0.2) is 9.78 Å². The number of esters is 1. The Bertz CT molecular complexity index is 1600. The predicted molar refractivity (Wildman–Crippen MR) is 156 cm³/mol. The average molecular weight is 591 g/mol. The number of ether oxygens (including phenoxy) is 1. The highest BCUT2D eigenvalue weighted by atomic mass is 32.2. The fourth-order valence-electron chi connectivity index (χ4n) is 4.64. The van der Waals surface area contributed by atoms with E-state index in [-0.39, 0.29) is 22.7 Å². The van der Waals surface area contributed by atoms with Gasteiger partial charge in [0.05, 0.1) is 15.1 Å². The number of amides is 1. The summed E-state index contributed by atoms with van der Waals surface area (Å²) in [5.74, 6) is 0.0117. The molecule has 3 heterocycles. The zero-order chi connectivity index (χ0) is 27.8. The van der Waals surface area contributed by atoms with Crippen molar-refractivity contribution in [1.82, 2.24) is 9.88 Å². The van der Waals surface area contributed by atoms with Gasteiger partial charge in [0.15, 0.2) is 10.4 Å². The van der Waals surface area contributed by atoms with E-state index in [1.165, 1.54) is 51.9 Å². The van der Waals surface area contributed by atoms with Crippen LogP contribution in [-0.4, -0.2) is 49.6 Å². The predicted octanol–water partition coefficient (Wildman–Crippen LogP) is 5.13. The van der Waals surface area contributed by atoms with Crippen molar-refractivity contribution in [3.63, 3.8) is 0 Å². The van der Waals surface area contributed by atoms with E-state index in [1.54, 1.807) is 6.07 Å². The summed E-state index contributed by atoms with van der Waals surface area (Å²) in [6, 6.07) is 22.8. The first kappa shape index (κ1) is 26.5. The summed E-state index contributed by atoms with van der Waals surface area (Å²) in [4.78, 5) is 43.4. The number of thioether (sulfide) groups is 2. The van der Waals surface area contributed by atoms with Crippen molar-refractivity contribution in [2.45, 2.75) is 21.9 Å². The Kier molecular flexibility index (Phi) is 7.32. The molecule has 2 aliphatic heterocycles. The molecule has 40 heavy (non-hydrogen) atoms. The first-order valence-corrected chi connectivity index (χ1v) is 15.2. The number of carbonyl (C=O) groups excluding carboxylic acids is 2. The van der Waals surface area contributed by atoms with Crippen molar-refractivity contribution in [1.29, 1.82) is 0 Å². The summed E-state index contributed by atoms with van der Waals surface area (Å²) in [7, 11) is 0. The second-order valence-corrected chi connectivity index (χ2v) is 12.5. The number of nitrogens with zero attached hydrogens (tertiary/aromatic N) is 3. The largest absolute Gasteiger partial charge is 0.448 e. The average Bonchev–Trinajstić information content (AvgIpc) is 3.41. The lowest BCUT2D eigenvalue weighted by Crippen LogP contribution is -2.68. The van der Waals surface area contributed by atoms with E-state index in [0.29, 0.717) is 26.1 Å². The molecular weight excluding hydrogens is 569 g/mol. The lowest BCUT2D eigenvalue weighted by molar-refractivity contribution is -0.384. The number of fused-ring (bicyclic) bond motifs is 2. The molecule has 1 fully saturated rings. The third-order valence-electron chi connectivity index (χ3n) is 6.64. The number of rotatable bonds is 8. The molecule has 0 saturated carbocycles. The third-order valence-corrected chi connectivity index (χ3v) is 10.3. The van der Waals surface area contributed by atoms with E-state index < -0.39 is 23.0 Å². The number of nitrogens with two attached hydrogens (primary N) is 1. The van der Waals surface area contributed by atoms with Crippen LogP contribution in [0.3, 0.4) is 0 Å². The van der Waals surface area contributed by atoms with Gasteiger partial charge in [-0.15, -0.1) is 23.1 Å². The topological polar surface area (TPSA) is 129 Å². The molecule has 2 N–H and O–H groups in total. The Morgan fingerprint density at radius 1 is 1.12 bits per heavy atom. The summed E-state index contributed by atoms with van der Waals surface area (Å²) in [5, 5.41) is 10.8. The zero-order valence-corrected chi connectivity index (χ0v) is 23.3. The molecule has 0 aliphatic carbocycles. The van der Waals surface area contributed by atoms with E-state index in [9.17, 15) is 19.7 Å². The van der Waals surface area contributed by atoms with Crippen LogP contribution in [0.5, 0.6) is 0 Å². The van der Waals surface area contributed by atoms with E-state index in [1.807, 2.05) is 60.7 Å². The molecule has 1 aromatic heterocycles. The number of hydrogen-bond donors (Lipinski definition) is 1. The van der Waals surface area contributed by atoms with Gasteiger partial charge in [0.25, 0.3) is 5.69 Å². The number of hydrogen-bond acceptors (Lipinski definition) is 10. The van der Waals surface area contributed by atoms with Crippen LogP contribution >= 0.6 is 34.9 Å². The number of non-ortho nitro benzene ring substituents is 1. The van der Waals surface area contributed by atoms with E-state index >= 15 is 0 Å². The SMILES string of the molecule is N[C@@H]1C(=O)N2C(C(=O)OC(c3ccccc3)c3ccccc3)=C(CSc3nc4ccc([N+](=O)[O-])cc4s3)CS[C@H]12. The Labute approximate surface area is 241 Å². The van der Waals surface area contributed by atoms with E-state index in [4.69, 9.17) is 10.5 Å². The summed E-state index contributed by atoms with van der Waals surface area (Å²) in [6.07, 6.45) is -0.658. The highest BCUT2D eigenvalue weighted by Gasteiger charge is 2.52. The van der Waals surface area contributed by atoms with Crippen LogP contribution in [0.1, 0.15) is 17.2 Å². The zero-order valence-electron chi connectivity index (χ0n) is 20.8. The number of benzene rings is 3. The van der Waals surface area contributed by atoms with E-state index in [2.05, 4.69) is 4.98 Å². The van der Waals surface area contributed by atoms with Crippen molar-refractivity contribution in [3.8, 4) is 0 Å². The first-order valence-electron chi connectivity index (χ1n) is 12.3.